The maximum atomic E-state index is 11.2. The number of nitrogens with two attached hydrogens (primary N) is 2. The average Bonchev–Trinajstić information content (AvgIpc) is 2.58. The van der Waals surface area contributed by atoms with Crippen molar-refractivity contribution in [3.63, 3.8) is 0 Å². The molecule has 1 rings (SSSR count). The van der Waals surface area contributed by atoms with Crippen LogP contribution in [0.15, 0.2) is 0 Å². The Labute approximate surface area is 99.4 Å². The van der Waals surface area contributed by atoms with Gasteiger partial charge in [-0.2, -0.15) is 4.37 Å². The lowest BCUT2D eigenvalue weighted by Gasteiger charge is -2.20. The second-order valence-electron chi connectivity index (χ2n) is 3.95. The minimum Gasteiger partial charge on any atom is -0.382 e. The molecule has 1 heterocycles. The van der Waals surface area contributed by atoms with Gasteiger partial charge < -0.3 is 16.8 Å². The Morgan fingerprint density at radius 3 is 2.69 bits per heavy atom. The largest absolute Gasteiger partial charge is 0.382 e. The molecule has 0 aliphatic carbocycles. The number of hydrogen-bond acceptors (Lipinski definition) is 5. The highest BCUT2D eigenvalue weighted by Gasteiger charge is 2.19. The smallest absolute Gasteiger partial charge is 0.255 e. The Bertz CT molecular complexity index is 377. The molecule has 0 radical (unpaired) electrons. The zero-order chi connectivity index (χ0) is 12.3. The van der Waals surface area contributed by atoms with Gasteiger partial charge in [-0.3, -0.25) is 4.79 Å². The molecule has 16 heavy (non-hydrogen) atoms. The number of aromatic nitrogens is 1. The van der Waals surface area contributed by atoms with Crippen molar-refractivity contribution >= 4 is 28.3 Å². The molecule has 2 atom stereocenters. The van der Waals surface area contributed by atoms with Gasteiger partial charge in [0.2, 0.25) is 0 Å². The van der Waals surface area contributed by atoms with E-state index in [1.807, 2.05) is 0 Å². The first-order valence-electron chi connectivity index (χ1n) is 5.28. The van der Waals surface area contributed by atoms with Gasteiger partial charge >= 0.3 is 0 Å². The highest BCUT2D eigenvalue weighted by molar-refractivity contribution is 7.11. The van der Waals surface area contributed by atoms with Crippen LogP contribution in [0.5, 0.6) is 0 Å². The van der Waals surface area contributed by atoms with Crippen molar-refractivity contribution in [1.29, 1.82) is 0 Å². The molecule has 0 spiro atoms. The SMILES string of the molecule is CCC(C)C(C)Nc1snc(N)c1C(N)=O. The number of rotatable bonds is 5. The van der Waals surface area contributed by atoms with E-state index in [1.54, 1.807) is 0 Å². The van der Waals surface area contributed by atoms with Crippen LogP contribution in [0.25, 0.3) is 0 Å². The van der Waals surface area contributed by atoms with Gasteiger partial charge in [-0.05, 0) is 24.4 Å². The van der Waals surface area contributed by atoms with Gasteiger partial charge in [0.1, 0.15) is 10.6 Å². The van der Waals surface area contributed by atoms with Crippen molar-refractivity contribution in [2.45, 2.75) is 33.2 Å². The predicted molar refractivity (Wildman–Crippen MR) is 67.6 cm³/mol. The van der Waals surface area contributed by atoms with Crippen LogP contribution < -0.4 is 16.8 Å². The van der Waals surface area contributed by atoms with Crippen LogP contribution in [0.3, 0.4) is 0 Å². The number of amides is 1. The van der Waals surface area contributed by atoms with Crippen LogP contribution in [0, 0.1) is 5.92 Å². The molecule has 1 aromatic heterocycles. The number of nitrogens with zero attached hydrogens (tertiary/aromatic N) is 1. The summed E-state index contributed by atoms with van der Waals surface area (Å²) in [4.78, 5) is 11.2. The number of primary amides is 1. The summed E-state index contributed by atoms with van der Waals surface area (Å²) in [5, 5.41) is 3.90. The first-order valence-corrected chi connectivity index (χ1v) is 6.06. The third-order valence-electron chi connectivity index (χ3n) is 2.82. The minimum absolute atomic E-state index is 0.205. The molecule has 1 amide bonds. The van der Waals surface area contributed by atoms with Crippen molar-refractivity contribution in [2.24, 2.45) is 11.7 Å². The quantitative estimate of drug-likeness (QED) is 0.732. The van der Waals surface area contributed by atoms with E-state index >= 15 is 0 Å². The van der Waals surface area contributed by atoms with Crippen molar-refractivity contribution < 1.29 is 4.79 Å². The molecule has 0 aliphatic rings. The molecule has 0 aliphatic heterocycles. The predicted octanol–water partition coefficient (Wildman–Crippen LogP) is 1.67. The lowest BCUT2D eigenvalue weighted by Crippen LogP contribution is -2.24. The summed E-state index contributed by atoms with van der Waals surface area (Å²) in [6, 6.07) is 0.253. The Hall–Kier alpha value is -1.30. The van der Waals surface area contributed by atoms with E-state index < -0.39 is 5.91 Å². The number of carbonyl (C=O) groups excluding carboxylic acids is 1. The Kier molecular flexibility index (Phi) is 4.12. The Morgan fingerprint density at radius 2 is 2.19 bits per heavy atom. The average molecular weight is 242 g/mol. The third kappa shape index (κ3) is 2.63. The fraction of sp³-hybridized carbons (Fsp3) is 0.600. The second kappa shape index (κ2) is 5.16. The molecule has 5 N–H and O–H groups in total. The molecule has 0 saturated heterocycles. The lowest BCUT2D eigenvalue weighted by molar-refractivity contribution is 0.100. The van der Waals surface area contributed by atoms with E-state index in [-0.39, 0.29) is 11.9 Å². The zero-order valence-electron chi connectivity index (χ0n) is 9.78. The van der Waals surface area contributed by atoms with E-state index in [1.165, 1.54) is 11.5 Å². The van der Waals surface area contributed by atoms with Crippen LogP contribution in [0.1, 0.15) is 37.6 Å². The molecule has 6 heteroatoms. The summed E-state index contributed by atoms with van der Waals surface area (Å²) in [5.74, 6) is 0.172. The van der Waals surface area contributed by atoms with Gasteiger partial charge in [0.25, 0.3) is 5.91 Å². The van der Waals surface area contributed by atoms with Crippen molar-refractivity contribution in [2.75, 3.05) is 11.1 Å². The molecule has 0 aromatic carbocycles. The highest BCUT2D eigenvalue weighted by Crippen LogP contribution is 2.28. The van der Waals surface area contributed by atoms with Crippen molar-refractivity contribution in [1.82, 2.24) is 4.37 Å². The molecule has 0 fully saturated rings. The summed E-state index contributed by atoms with van der Waals surface area (Å²) in [7, 11) is 0. The van der Waals surface area contributed by atoms with Crippen LogP contribution in [-0.2, 0) is 0 Å². The summed E-state index contributed by atoms with van der Waals surface area (Å²) >= 11 is 1.17. The summed E-state index contributed by atoms with van der Waals surface area (Å²) in [6.07, 6.45) is 1.06. The van der Waals surface area contributed by atoms with E-state index in [0.717, 1.165) is 6.42 Å². The van der Waals surface area contributed by atoms with E-state index in [2.05, 4.69) is 30.5 Å². The summed E-state index contributed by atoms with van der Waals surface area (Å²) in [6.45, 7) is 6.33. The first-order chi connectivity index (χ1) is 7.47. The standard InChI is InChI=1S/C10H18N4OS/c1-4-5(2)6(3)13-10-7(9(12)15)8(11)14-16-10/h5-6,13H,4H2,1-3H3,(H2,11,14)(H2,12,15). The Balaban J connectivity index is 2.85. The molecular weight excluding hydrogens is 224 g/mol. The molecule has 1 aromatic rings. The van der Waals surface area contributed by atoms with Gasteiger partial charge in [0, 0.05) is 6.04 Å². The maximum absolute atomic E-state index is 11.2. The molecule has 5 nitrogen and oxygen atoms in total. The normalized spacial score (nSPS) is 14.4. The number of anilines is 2. The Morgan fingerprint density at radius 1 is 1.56 bits per heavy atom. The number of carbonyl (C=O) groups is 1. The van der Waals surface area contributed by atoms with Crippen LogP contribution in [0.2, 0.25) is 0 Å². The van der Waals surface area contributed by atoms with Gasteiger partial charge in [0.05, 0.1) is 0 Å². The third-order valence-corrected chi connectivity index (χ3v) is 3.61. The van der Waals surface area contributed by atoms with Gasteiger partial charge in [-0.25, -0.2) is 0 Å². The molecule has 90 valence electrons. The molecular formula is C10H18N4OS. The van der Waals surface area contributed by atoms with Crippen LogP contribution >= 0.6 is 11.5 Å². The lowest BCUT2D eigenvalue weighted by atomic mass is 10.0. The van der Waals surface area contributed by atoms with Gasteiger partial charge in [-0.15, -0.1) is 0 Å². The van der Waals surface area contributed by atoms with E-state index in [4.69, 9.17) is 11.5 Å². The van der Waals surface area contributed by atoms with Crippen LogP contribution in [0.4, 0.5) is 10.8 Å². The molecule has 0 bridgehead atoms. The monoisotopic (exact) mass is 242 g/mol. The second-order valence-corrected chi connectivity index (χ2v) is 4.73. The van der Waals surface area contributed by atoms with Gasteiger partial charge in [-0.1, -0.05) is 20.3 Å². The summed E-state index contributed by atoms with van der Waals surface area (Å²) < 4.78 is 3.93. The molecule has 0 saturated carbocycles. The highest BCUT2D eigenvalue weighted by atomic mass is 32.1. The topological polar surface area (TPSA) is 94.0 Å². The van der Waals surface area contributed by atoms with Crippen molar-refractivity contribution in [3.8, 4) is 0 Å². The number of nitrogens with one attached hydrogen (secondary N) is 1. The minimum atomic E-state index is -0.537. The van der Waals surface area contributed by atoms with E-state index in [0.29, 0.717) is 16.5 Å². The number of hydrogen-bond donors (Lipinski definition) is 3. The van der Waals surface area contributed by atoms with Crippen molar-refractivity contribution in [3.05, 3.63) is 5.56 Å². The van der Waals surface area contributed by atoms with Gasteiger partial charge in [0.15, 0.2) is 5.82 Å². The maximum Gasteiger partial charge on any atom is 0.255 e. The first kappa shape index (κ1) is 12.8. The fourth-order valence-electron chi connectivity index (χ4n) is 1.34. The fourth-order valence-corrected chi connectivity index (χ4v) is 2.16. The zero-order valence-corrected chi connectivity index (χ0v) is 10.6. The summed E-state index contributed by atoms with van der Waals surface area (Å²) in [5.41, 5.74) is 11.1. The van der Waals surface area contributed by atoms with E-state index in [9.17, 15) is 4.79 Å². The number of nitrogen functional groups attached to an aromatic ring is 1. The van der Waals surface area contributed by atoms with Crippen LogP contribution in [-0.4, -0.2) is 16.3 Å². The molecule has 2 unspecified atom stereocenters.